The second-order valence-corrected chi connectivity index (χ2v) is 5.43. The average Bonchev–Trinajstić information content (AvgIpc) is 2.54. The fraction of sp³-hybridized carbons (Fsp3) is 0.562. The van der Waals surface area contributed by atoms with E-state index < -0.39 is 0 Å². The van der Waals surface area contributed by atoms with Gasteiger partial charge in [-0.2, -0.15) is 0 Å². The second kappa shape index (κ2) is 8.77. The third kappa shape index (κ3) is 5.46. The van der Waals surface area contributed by atoms with E-state index in [-0.39, 0.29) is 5.91 Å². The molecule has 0 radical (unpaired) electrons. The Morgan fingerprint density at radius 2 is 1.90 bits per heavy atom. The van der Waals surface area contributed by atoms with Crippen LogP contribution in [-0.2, 0) is 11.3 Å². The van der Waals surface area contributed by atoms with Crippen molar-refractivity contribution in [2.45, 2.75) is 13.0 Å². The zero-order chi connectivity index (χ0) is 14.9. The van der Waals surface area contributed by atoms with Crippen LogP contribution in [0.3, 0.4) is 0 Å². The summed E-state index contributed by atoms with van der Waals surface area (Å²) in [4.78, 5) is 16.4. The molecule has 0 aromatic heterocycles. The fourth-order valence-electron chi connectivity index (χ4n) is 2.62. The Morgan fingerprint density at radius 1 is 1.19 bits per heavy atom. The van der Waals surface area contributed by atoms with Gasteiger partial charge >= 0.3 is 0 Å². The molecule has 0 aliphatic carbocycles. The normalized spacial score (nSPS) is 15.4. The highest BCUT2D eigenvalue weighted by atomic mass is 16.2. The number of amides is 1. The van der Waals surface area contributed by atoms with Crippen LogP contribution in [0.15, 0.2) is 30.3 Å². The molecule has 0 unspecified atom stereocenters. The summed E-state index contributed by atoms with van der Waals surface area (Å²) >= 11 is 0. The van der Waals surface area contributed by atoms with Crippen LogP contribution in [0.5, 0.6) is 0 Å². The molecule has 0 spiro atoms. The van der Waals surface area contributed by atoms with E-state index in [9.17, 15) is 4.79 Å². The van der Waals surface area contributed by atoms with E-state index in [2.05, 4.69) is 22.3 Å². The van der Waals surface area contributed by atoms with Crippen LogP contribution in [0, 0.1) is 0 Å². The molecule has 1 heterocycles. The lowest BCUT2D eigenvalue weighted by Crippen LogP contribution is -2.47. The van der Waals surface area contributed by atoms with Crippen molar-refractivity contribution in [1.82, 2.24) is 15.1 Å². The number of carbonyl (C=O) groups is 1. The number of nitrogens with zero attached hydrogens (tertiary/aromatic N) is 2. The molecular formula is C16H26N4O. The summed E-state index contributed by atoms with van der Waals surface area (Å²) in [5.74, 6) is 0.256. The van der Waals surface area contributed by atoms with E-state index in [0.29, 0.717) is 13.0 Å². The Kier molecular flexibility index (Phi) is 6.66. The molecule has 1 aromatic rings. The third-order valence-electron chi connectivity index (χ3n) is 3.81. The van der Waals surface area contributed by atoms with Gasteiger partial charge in [0.05, 0.1) is 0 Å². The van der Waals surface area contributed by atoms with Gasteiger partial charge in [0, 0.05) is 58.8 Å². The first-order valence-electron chi connectivity index (χ1n) is 7.74. The summed E-state index contributed by atoms with van der Waals surface area (Å²) < 4.78 is 0. The topological polar surface area (TPSA) is 61.6 Å². The minimum atomic E-state index is 0.256. The van der Waals surface area contributed by atoms with Crippen molar-refractivity contribution in [3.8, 4) is 0 Å². The van der Waals surface area contributed by atoms with Crippen molar-refractivity contribution in [3.05, 3.63) is 35.9 Å². The molecule has 1 fully saturated rings. The predicted molar refractivity (Wildman–Crippen MR) is 84.8 cm³/mol. The lowest BCUT2D eigenvalue weighted by molar-refractivity contribution is -0.132. The maximum atomic E-state index is 12.2. The van der Waals surface area contributed by atoms with Crippen LogP contribution in [0.2, 0.25) is 0 Å². The van der Waals surface area contributed by atoms with Crippen molar-refractivity contribution < 1.29 is 4.79 Å². The van der Waals surface area contributed by atoms with Crippen LogP contribution in [0.25, 0.3) is 0 Å². The lowest BCUT2D eigenvalue weighted by Gasteiger charge is -2.29. The minimum absolute atomic E-state index is 0.256. The molecule has 2 rings (SSSR count). The standard InChI is InChI=1S/C16H26N4O/c17-7-11-19(14-15-4-2-1-3-5-15)10-6-16(21)20-12-8-18-9-13-20/h1-5,18H,6-14,17H2. The Balaban J connectivity index is 1.80. The average molecular weight is 290 g/mol. The number of carbonyl (C=O) groups excluding carboxylic acids is 1. The number of hydrogen-bond acceptors (Lipinski definition) is 4. The van der Waals surface area contributed by atoms with Crippen LogP contribution in [0.4, 0.5) is 0 Å². The molecule has 5 heteroatoms. The molecular weight excluding hydrogens is 264 g/mol. The molecule has 1 aliphatic heterocycles. The van der Waals surface area contributed by atoms with Gasteiger partial charge in [-0.15, -0.1) is 0 Å². The van der Waals surface area contributed by atoms with E-state index in [1.165, 1.54) is 5.56 Å². The third-order valence-corrected chi connectivity index (χ3v) is 3.81. The van der Waals surface area contributed by atoms with Crippen LogP contribution in [-0.4, -0.2) is 61.5 Å². The van der Waals surface area contributed by atoms with Gasteiger partial charge in [0.15, 0.2) is 0 Å². The van der Waals surface area contributed by atoms with Crippen molar-refractivity contribution in [2.24, 2.45) is 5.73 Å². The van der Waals surface area contributed by atoms with Gasteiger partial charge in [-0.1, -0.05) is 30.3 Å². The highest BCUT2D eigenvalue weighted by molar-refractivity contribution is 5.76. The number of nitrogens with one attached hydrogen (secondary N) is 1. The second-order valence-electron chi connectivity index (χ2n) is 5.43. The molecule has 1 aromatic carbocycles. The van der Waals surface area contributed by atoms with Crippen molar-refractivity contribution in [2.75, 3.05) is 45.8 Å². The van der Waals surface area contributed by atoms with E-state index in [1.807, 2.05) is 23.1 Å². The van der Waals surface area contributed by atoms with E-state index in [0.717, 1.165) is 45.8 Å². The largest absolute Gasteiger partial charge is 0.340 e. The summed E-state index contributed by atoms with van der Waals surface area (Å²) in [6, 6.07) is 10.3. The number of rotatable bonds is 7. The number of nitrogens with two attached hydrogens (primary N) is 1. The van der Waals surface area contributed by atoms with Gasteiger partial charge in [-0.25, -0.2) is 0 Å². The SMILES string of the molecule is NCCN(CCC(=O)N1CCNCC1)Cc1ccccc1. The number of piperazine rings is 1. The van der Waals surface area contributed by atoms with Crippen molar-refractivity contribution in [3.63, 3.8) is 0 Å². The Bertz CT molecular complexity index is 418. The van der Waals surface area contributed by atoms with E-state index >= 15 is 0 Å². The maximum Gasteiger partial charge on any atom is 0.223 e. The summed E-state index contributed by atoms with van der Waals surface area (Å²) in [7, 11) is 0. The maximum absolute atomic E-state index is 12.2. The molecule has 1 aliphatic rings. The van der Waals surface area contributed by atoms with Gasteiger partial charge in [0.1, 0.15) is 0 Å². The molecule has 21 heavy (non-hydrogen) atoms. The summed E-state index contributed by atoms with van der Waals surface area (Å²) in [6.45, 7) is 6.54. The minimum Gasteiger partial charge on any atom is -0.340 e. The van der Waals surface area contributed by atoms with Crippen LogP contribution >= 0.6 is 0 Å². The van der Waals surface area contributed by atoms with E-state index in [1.54, 1.807) is 0 Å². The van der Waals surface area contributed by atoms with E-state index in [4.69, 9.17) is 5.73 Å². The number of benzene rings is 1. The quantitative estimate of drug-likeness (QED) is 0.757. The summed E-state index contributed by atoms with van der Waals surface area (Å²) in [5.41, 5.74) is 6.95. The molecule has 0 atom stereocenters. The van der Waals surface area contributed by atoms with Crippen LogP contribution in [0.1, 0.15) is 12.0 Å². The van der Waals surface area contributed by atoms with Gasteiger partial charge in [0.25, 0.3) is 0 Å². The first-order valence-corrected chi connectivity index (χ1v) is 7.74. The molecule has 3 N–H and O–H groups in total. The summed E-state index contributed by atoms with van der Waals surface area (Å²) in [5, 5.41) is 3.27. The van der Waals surface area contributed by atoms with Crippen LogP contribution < -0.4 is 11.1 Å². The highest BCUT2D eigenvalue weighted by Gasteiger charge is 2.17. The molecule has 0 bridgehead atoms. The zero-order valence-corrected chi connectivity index (χ0v) is 12.6. The summed E-state index contributed by atoms with van der Waals surface area (Å²) in [6.07, 6.45) is 0.576. The fourth-order valence-corrected chi connectivity index (χ4v) is 2.62. The first-order chi connectivity index (χ1) is 10.3. The Labute approximate surface area is 127 Å². The number of hydrogen-bond donors (Lipinski definition) is 2. The first kappa shape index (κ1) is 15.9. The predicted octanol–water partition coefficient (Wildman–Crippen LogP) is 0.269. The molecule has 5 nitrogen and oxygen atoms in total. The Hall–Kier alpha value is -1.43. The smallest absolute Gasteiger partial charge is 0.223 e. The molecule has 1 amide bonds. The molecule has 116 valence electrons. The molecule has 1 saturated heterocycles. The zero-order valence-electron chi connectivity index (χ0n) is 12.6. The van der Waals surface area contributed by atoms with Gasteiger partial charge in [0.2, 0.25) is 5.91 Å². The Morgan fingerprint density at radius 3 is 2.57 bits per heavy atom. The monoisotopic (exact) mass is 290 g/mol. The van der Waals surface area contributed by atoms with Gasteiger partial charge in [-0.05, 0) is 5.56 Å². The van der Waals surface area contributed by atoms with Crippen molar-refractivity contribution >= 4 is 5.91 Å². The highest BCUT2D eigenvalue weighted by Crippen LogP contribution is 2.06. The molecule has 0 saturated carbocycles. The van der Waals surface area contributed by atoms with Crippen molar-refractivity contribution in [1.29, 1.82) is 0 Å². The lowest BCUT2D eigenvalue weighted by atomic mass is 10.2. The van der Waals surface area contributed by atoms with Gasteiger partial charge < -0.3 is 16.0 Å². The van der Waals surface area contributed by atoms with Gasteiger partial charge in [-0.3, -0.25) is 9.69 Å².